The lowest BCUT2D eigenvalue weighted by molar-refractivity contribution is -0.136. The number of carbonyl (C=O) groups is 2. The largest absolute Gasteiger partial charge is 0.481 e. The number of aliphatic carboxylic acids is 1. The van der Waals surface area contributed by atoms with Crippen LogP contribution in [0.2, 0.25) is 0 Å². The van der Waals surface area contributed by atoms with E-state index in [-0.39, 0.29) is 12.5 Å². The molecule has 3 rings (SSSR count). The Morgan fingerprint density at radius 2 is 2.14 bits per heavy atom. The highest BCUT2D eigenvalue weighted by Gasteiger charge is 2.14. The summed E-state index contributed by atoms with van der Waals surface area (Å²) >= 11 is 1.16. The minimum absolute atomic E-state index is 0.115. The first-order chi connectivity index (χ1) is 13.9. The number of pyridine rings is 1. The van der Waals surface area contributed by atoms with E-state index in [2.05, 4.69) is 20.6 Å². The molecule has 0 aromatic carbocycles. The van der Waals surface area contributed by atoms with Crippen LogP contribution in [0.4, 0.5) is 10.9 Å². The van der Waals surface area contributed by atoms with E-state index in [1.165, 1.54) is 0 Å². The molecule has 0 aliphatic carbocycles. The fraction of sp³-hybridized carbons (Fsp3) is 0.263. The molecule has 0 saturated carbocycles. The van der Waals surface area contributed by atoms with Gasteiger partial charge in [-0.25, -0.2) is 4.98 Å². The standard InChI is InChI=1S/C19H20N4O5S/c1-11(2)28-16-7-12(6-15(22-16)20-9-14-4-3-5-27-14)18(26)23-19-21-13(10-29-19)8-17(24)25/h3-7,10-11H,8-9H2,1-2H3,(H,20,22)(H,24,25)(H,21,23,26). The van der Waals surface area contributed by atoms with Gasteiger partial charge in [-0.2, -0.15) is 4.98 Å². The topological polar surface area (TPSA) is 127 Å². The number of hydrogen-bond donors (Lipinski definition) is 3. The van der Waals surface area contributed by atoms with Crippen molar-refractivity contribution >= 4 is 34.2 Å². The zero-order valence-corrected chi connectivity index (χ0v) is 16.7. The normalized spacial score (nSPS) is 10.7. The highest BCUT2D eigenvalue weighted by atomic mass is 32.1. The number of nitrogens with one attached hydrogen (secondary N) is 2. The van der Waals surface area contributed by atoms with E-state index in [0.717, 1.165) is 17.1 Å². The van der Waals surface area contributed by atoms with E-state index in [0.29, 0.717) is 34.6 Å². The van der Waals surface area contributed by atoms with Crippen molar-refractivity contribution in [2.45, 2.75) is 32.9 Å². The molecule has 10 heteroatoms. The SMILES string of the molecule is CC(C)Oc1cc(C(=O)Nc2nc(CC(=O)O)cs2)cc(NCc2ccco2)n1. The molecule has 3 aromatic heterocycles. The number of ether oxygens (including phenoxy) is 1. The first kappa shape index (κ1) is 20.3. The van der Waals surface area contributed by atoms with Crippen molar-refractivity contribution in [3.8, 4) is 5.88 Å². The Morgan fingerprint density at radius 1 is 1.31 bits per heavy atom. The predicted molar refractivity (Wildman–Crippen MR) is 107 cm³/mol. The Morgan fingerprint density at radius 3 is 2.83 bits per heavy atom. The first-order valence-electron chi connectivity index (χ1n) is 8.81. The number of carboxylic acid groups (broad SMARTS) is 1. The summed E-state index contributed by atoms with van der Waals surface area (Å²) in [6.45, 7) is 4.13. The number of rotatable bonds is 9. The minimum Gasteiger partial charge on any atom is -0.481 e. The van der Waals surface area contributed by atoms with Gasteiger partial charge in [0.05, 0.1) is 31.0 Å². The lowest BCUT2D eigenvalue weighted by Gasteiger charge is -2.13. The van der Waals surface area contributed by atoms with Crippen LogP contribution in [0.25, 0.3) is 0 Å². The smallest absolute Gasteiger partial charge is 0.309 e. The third-order valence-electron chi connectivity index (χ3n) is 3.55. The minimum atomic E-state index is -0.981. The van der Waals surface area contributed by atoms with Crippen molar-refractivity contribution in [3.63, 3.8) is 0 Å². The van der Waals surface area contributed by atoms with Gasteiger partial charge in [-0.05, 0) is 32.0 Å². The van der Waals surface area contributed by atoms with Crippen molar-refractivity contribution < 1.29 is 23.8 Å². The van der Waals surface area contributed by atoms with Crippen LogP contribution in [0, 0.1) is 0 Å². The number of anilines is 2. The second kappa shape index (κ2) is 9.20. The molecule has 0 fully saturated rings. The van der Waals surface area contributed by atoms with E-state index in [1.54, 1.807) is 29.8 Å². The van der Waals surface area contributed by atoms with Crippen LogP contribution in [0.5, 0.6) is 5.88 Å². The molecule has 1 amide bonds. The van der Waals surface area contributed by atoms with Gasteiger partial charge in [-0.15, -0.1) is 11.3 Å². The maximum absolute atomic E-state index is 12.7. The fourth-order valence-electron chi connectivity index (χ4n) is 2.39. The van der Waals surface area contributed by atoms with Crippen LogP contribution in [-0.2, 0) is 17.8 Å². The molecule has 0 spiro atoms. The second-order valence-electron chi connectivity index (χ2n) is 6.35. The van der Waals surface area contributed by atoms with E-state index in [1.807, 2.05) is 19.9 Å². The molecular formula is C19H20N4O5S. The van der Waals surface area contributed by atoms with E-state index >= 15 is 0 Å². The Hall–Kier alpha value is -3.40. The quantitative estimate of drug-likeness (QED) is 0.484. The summed E-state index contributed by atoms with van der Waals surface area (Å²) in [6, 6.07) is 6.75. The molecular weight excluding hydrogens is 396 g/mol. The number of furan rings is 1. The third kappa shape index (κ3) is 6.04. The van der Waals surface area contributed by atoms with Crippen molar-refractivity contribution in [1.82, 2.24) is 9.97 Å². The van der Waals surface area contributed by atoms with Gasteiger partial charge in [0.15, 0.2) is 5.13 Å². The van der Waals surface area contributed by atoms with Crippen molar-refractivity contribution in [1.29, 1.82) is 0 Å². The number of hydrogen-bond acceptors (Lipinski definition) is 8. The van der Waals surface area contributed by atoms with Crippen molar-refractivity contribution in [3.05, 3.63) is 52.9 Å². The molecule has 0 saturated heterocycles. The number of nitrogens with zero attached hydrogens (tertiary/aromatic N) is 2. The summed E-state index contributed by atoms with van der Waals surface area (Å²) in [5.41, 5.74) is 0.713. The maximum Gasteiger partial charge on any atom is 0.309 e. The Labute approximate surface area is 170 Å². The Bertz CT molecular complexity index is 984. The van der Waals surface area contributed by atoms with Crippen molar-refractivity contribution in [2.75, 3.05) is 10.6 Å². The molecule has 0 aliphatic heterocycles. The van der Waals surface area contributed by atoms with Gasteiger partial charge in [0.1, 0.15) is 11.6 Å². The molecule has 3 aromatic rings. The highest BCUT2D eigenvalue weighted by Crippen LogP contribution is 2.21. The van der Waals surface area contributed by atoms with Crippen LogP contribution in [0.3, 0.4) is 0 Å². The maximum atomic E-state index is 12.7. The summed E-state index contributed by atoms with van der Waals surface area (Å²) < 4.78 is 10.9. The van der Waals surface area contributed by atoms with Gasteiger partial charge in [-0.1, -0.05) is 0 Å². The molecule has 29 heavy (non-hydrogen) atoms. The highest BCUT2D eigenvalue weighted by molar-refractivity contribution is 7.14. The third-order valence-corrected chi connectivity index (χ3v) is 4.36. The van der Waals surface area contributed by atoms with Crippen LogP contribution in [-0.4, -0.2) is 33.1 Å². The van der Waals surface area contributed by atoms with Crippen LogP contribution in [0.1, 0.15) is 35.7 Å². The molecule has 0 aliphatic rings. The van der Waals surface area contributed by atoms with E-state index < -0.39 is 11.9 Å². The molecule has 152 valence electrons. The lowest BCUT2D eigenvalue weighted by atomic mass is 10.2. The predicted octanol–water partition coefficient (Wildman–Crippen LogP) is 3.41. The first-order valence-corrected chi connectivity index (χ1v) is 9.69. The van der Waals surface area contributed by atoms with Gasteiger partial charge in [0.25, 0.3) is 5.91 Å². The zero-order valence-electron chi connectivity index (χ0n) is 15.8. The Balaban J connectivity index is 1.76. The van der Waals surface area contributed by atoms with E-state index in [4.69, 9.17) is 14.3 Å². The average molecular weight is 416 g/mol. The molecule has 0 bridgehead atoms. The van der Waals surface area contributed by atoms with Crippen LogP contribution >= 0.6 is 11.3 Å². The number of carbonyl (C=O) groups excluding carboxylic acids is 1. The monoisotopic (exact) mass is 416 g/mol. The molecule has 9 nitrogen and oxygen atoms in total. The summed E-state index contributed by atoms with van der Waals surface area (Å²) in [5.74, 6) is 0.0979. The number of aromatic nitrogens is 2. The molecule has 0 atom stereocenters. The number of amides is 1. The Kier molecular flexibility index (Phi) is 6.45. The fourth-order valence-corrected chi connectivity index (χ4v) is 3.09. The van der Waals surface area contributed by atoms with Gasteiger partial charge in [-0.3, -0.25) is 14.9 Å². The summed E-state index contributed by atoms with van der Waals surface area (Å²) in [6.07, 6.45) is 1.26. The van der Waals surface area contributed by atoms with Crippen LogP contribution < -0.4 is 15.4 Å². The van der Waals surface area contributed by atoms with Gasteiger partial charge >= 0.3 is 5.97 Å². The number of thiazole rings is 1. The molecule has 0 unspecified atom stereocenters. The zero-order chi connectivity index (χ0) is 20.8. The summed E-state index contributed by atoms with van der Waals surface area (Å²) in [7, 11) is 0. The summed E-state index contributed by atoms with van der Waals surface area (Å²) in [4.78, 5) is 31.9. The molecule has 3 N–H and O–H groups in total. The molecule has 3 heterocycles. The van der Waals surface area contributed by atoms with Crippen LogP contribution in [0.15, 0.2) is 40.3 Å². The lowest BCUT2D eigenvalue weighted by Crippen LogP contribution is -2.15. The second-order valence-corrected chi connectivity index (χ2v) is 7.21. The van der Waals surface area contributed by atoms with Gasteiger partial charge in [0.2, 0.25) is 5.88 Å². The van der Waals surface area contributed by atoms with Gasteiger partial charge < -0.3 is 19.6 Å². The number of carboxylic acids is 1. The molecule has 0 radical (unpaired) electrons. The summed E-state index contributed by atoms with van der Waals surface area (Å²) in [5, 5.41) is 16.5. The average Bonchev–Trinajstić information content (AvgIpc) is 3.31. The van der Waals surface area contributed by atoms with E-state index in [9.17, 15) is 9.59 Å². The van der Waals surface area contributed by atoms with Crippen molar-refractivity contribution in [2.24, 2.45) is 0 Å². The van der Waals surface area contributed by atoms with Gasteiger partial charge in [0, 0.05) is 17.0 Å².